The quantitative estimate of drug-likeness (QED) is 0.704. The van der Waals surface area contributed by atoms with Gasteiger partial charge in [-0.3, -0.25) is 4.79 Å². The molecule has 120 valence electrons. The number of rotatable bonds is 7. The van der Waals surface area contributed by atoms with Crippen molar-refractivity contribution in [2.24, 2.45) is 5.92 Å². The molecular formula is C13H19BrClNO4S. The van der Waals surface area contributed by atoms with E-state index in [0.29, 0.717) is 5.92 Å². The molecular weight excluding hydrogens is 382 g/mol. The molecule has 1 aromatic rings. The third-order valence-electron chi connectivity index (χ3n) is 2.94. The zero-order valence-electron chi connectivity index (χ0n) is 12.2. The Kier molecular flexibility index (Phi) is 6.74. The van der Waals surface area contributed by atoms with Crippen LogP contribution in [0.3, 0.4) is 0 Å². The van der Waals surface area contributed by atoms with Crippen molar-refractivity contribution in [3.8, 4) is 0 Å². The monoisotopic (exact) mass is 399 g/mol. The van der Waals surface area contributed by atoms with E-state index in [1.54, 1.807) is 0 Å². The fourth-order valence-corrected chi connectivity index (χ4v) is 3.86. The lowest BCUT2D eigenvalue weighted by Crippen LogP contribution is -2.32. The molecule has 1 amide bonds. The van der Waals surface area contributed by atoms with Crippen LogP contribution in [0.4, 0.5) is 0 Å². The first kappa shape index (κ1) is 18.5. The van der Waals surface area contributed by atoms with E-state index in [1.165, 1.54) is 0 Å². The Labute approximate surface area is 138 Å². The van der Waals surface area contributed by atoms with Crippen LogP contribution < -0.4 is 5.32 Å². The molecule has 0 saturated heterocycles. The van der Waals surface area contributed by atoms with E-state index >= 15 is 0 Å². The van der Waals surface area contributed by atoms with E-state index in [2.05, 4.69) is 35.1 Å². The highest BCUT2D eigenvalue weighted by Crippen LogP contribution is 2.28. The lowest BCUT2D eigenvalue weighted by molar-refractivity contribution is 0.0908. The van der Waals surface area contributed by atoms with Crippen LogP contribution in [0.1, 0.15) is 50.6 Å². The van der Waals surface area contributed by atoms with Crippen LogP contribution in [0.5, 0.6) is 0 Å². The molecule has 0 aliphatic heterocycles. The highest BCUT2D eigenvalue weighted by atomic mass is 79.9. The van der Waals surface area contributed by atoms with Gasteiger partial charge in [0.2, 0.25) is 0 Å². The second-order valence-corrected chi connectivity index (χ2v) is 8.64. The summed E-state index contributed by atoms with van der Waals surface area (Å²) in [7, 11) is 1.29. The molecule has 0 bridgehead atoms. The predicted molar refractivity (Wildman–Crippen MR) is 85.1 cm³/mol. The standard InChI is InChI=1S/C13H19BrClNO4S/c1-8(2)5-4-6-9(3)16-13(17)10-7-11(12(14)20-10)21(15,18)19/h7-9H,4-6H2,1-3H3,(H,16,17). The number of hydrogen-bond acceptors (Lipinski definition) is 4. The van der Waals surface area contributed by atoms with E-state index in [0.717, 1.165) is 25.3 Å². The fraction of sp³-hybridized carbons (Fsp3) is 0.615. The molecule has 1 heterocycles. The zero-order valence-corrected chi connectivity index (χ0v) is 15.3. The average Bonchev–Trinajstić information content (AvgIpc) is 2.70. The number of amides is 1. The largest absolute Gasteiger partial charge is 0.443 e. The molecule has 0 aliphatic carbocycles. The second kappa shape index (κ2) is 7.65. The first-order valence-electron chi connectivity index (χ1n) is 6.66. The van der Waals surface area contributed by atoms with Crippen LogP contribution in [0.2, 0.25) is 0 Å². The van der Waals surface area contributed by atoms with Crippen LogP contribution >= 0.6 is 26.6 Å². The number of halogens is 2. The van der Waals surface area contributed by atoms with Crippen LogP contribution in [0.15, 0.2) is 20.0 Å². The van der Waals surface area contributed by atoms with Gasteiger partial charge in [0, 0.05) is 22.8 Å². The summed E-state index contributed by atoms with van der Waals surface area (Å²) in [6.45, 7) is 6.20. The lowest BCUT2D eigenvalue weighted by Gasteiger charge is -2.13. The number of nitrogens with one attached hydrogen (secondary N) is 1. The van der Waals surface area contributed by atoms with Gasteiger partial charge in [-0.25, -0.2) is 8.42 Å². The summed E-state index contributed by atoms with van der Waals surface area (Å²) in [6.07, 6.45) is 2.97. The van der Waals surface area contributed by atoms with Gasteiger partial charge in [0.25, 0.3) is 15.0 Å². The molecule has 0 spiro atoms. The summed E-state index contributed by atoms with van der Waals surface area (Å²) in [5.41, 5.74) is 0. The van der Waals surface area contributed by atoms with Crippen molar-refractivity contribution in [1.29, 1.82) is 0 Å². The molecule has 21 heavy (non-hydrogen) atoms. The van der Waals surface area contributed by atoms with E-state index in [9.17, 15) is 13.2 Å². The van der Waals surface area contributed by atoms with Crippen LogP contribution in [0.25, 0.3) is 0 Å². The van der Waals surface area contributed by atoms with Gasteiger partial charge in [-0.2, -0.15) is 0 Å². The van der Waals surface area contributed by atoms with Crippen LogP contribution in [-0.4, -0.2) is 20.4 Å². The predicted octanol–water partition coefficient (Wildman–Crippen LogP) is 3.91. The number of furan rings is 1. The van der Waals surface area contributed by atoms with Crippen molar-refractivity contribution < 1.29 is 17.6 Å². The molecule has 0 aliphatic rings. The van der Waals surface area contributed by atoms with Gasteiger partial charge in [0.15, 0.2) is 10.4 Å². The summed E-state index contributed by atoms with van der Waals surface area (Å²) < 4.78 is 27.5. The molecule has 1 aromatic heterocycles. The first-order chi connectivity index (χ1) is 9.61. The number of hydrogen-bond donors (Lipinski definition) is 1. The maximum absolute atomic E-state index is 12.0. The smallest absolute Gasteiger partial charge is 0.287 e. The van der Waals surface area contributed by atoms with Gasteiger partial charge in [0.1, 0.15) is 4.90 Å². The molecule has 8 heteroatoms. The zero-order chi connectivity index (χ0) is 16.2. The van der Waals surface area contributed by atoms with Gasteiger partial charge >= 0.3 is 0 Å². The minimum Gasteiger partial charge on any atom is -0.443 e. The second-order valence-electron chi connectivity index (χ2n) is 5.39. The third-order valence-corrected chi connectivity index (χ3v) is 5.12. The van der Waals surface area contributed by atoms with Gasteiger partial charge in [0.05, 0.1) is 0 Å². The summed E-state index contributed by atoms with van der Waals surface area (Å²) >= 11 is 2.94. The Balaban J connectivity index is 2.64. The molecule has 1 rings (SSSR count). The minimum atomic E-state index is -3.95. The molecule has 1 N–H and O–H groups in total. The Hall–Kier alpha value is -0.530. The van der Waals surface area contributed by atoms with Gasteiger partial charge in [-0.1, -0.05) is 26.7 Å². The Bertz CT molecular complexity index is 597. The first-order valence-corrected chi connectivity index (χ1v) is 9.76. The molecule has 0 fully saturated rings. The molecule has 0 saturated carbocycles. The molecule has 0 radical (unpaired) electrons. The summed E-state index contributed by atoms with van der Waals surface area (Å²) in [5.74, 6) is 0.0848. The Morgan fingerprint density at radius 3 is 2.48 bits per heavy atom. The normalized spacial score (nSPS) is 13.4. The minimum absolute atomic E-state index is 0.0174. The Morgan fingerprint density at radius 1 is 1.38 bits per heavy atom. The van der Waals surface area contributed by atoms with Gasteiger partial charge < -0.3 is 9.73 Å². The van der Waals surface area contributed by atoms with Crippen molar-refractivity contribution in [3.05, 3.63) is 16.5 Å². The van der Waals surface area contributed by atoms with E-state index in [-0.39, 0.29) is 21.4 Å². The maximum atomic E-state index is 12.0. The average molecular weight is 401 g/mol. The SMILES string of the molecule is CC(C)CCCC(C)NC(=O)c1cc(S(=O)(=O)Cl)c(Br)o1. The molecule has 0 aromatic carbocycles. The lowest BCUT2D eigenvalue weighted by atomic mass is 10.0. The van der Waals surface area contributed by atoms with Crippen molar-refractivity contribution in [1.82, 2.24) is 5.32 Å². The van der Waals surface area contributed by atoms with Gasteiger partial charge in [-0.05, 0) is 35.2 Å². The Morgan fingerprint density at radius 2 is 2.00 bits per heavy atom. The molecule has 5 nitrogen and oxygen atoms in total. The van der Waals surface area contributed by atoms with Gasteiger partial charge in [-0.15, -0.1) is 0 Å². The molecule has 1 unspecified atom stereocenters. The van der Waals surface area contributed by atoms with E-state index in [4.69, 9.17) is 15.1 Å². The van der Waals surface area contributed by atoms with Crippen LogP contribution in [-0.2, 0) is 9.05 Å². The maximum Gasteiger partial charge on any atom is 0.287 e. The van der Waals surface area contributed by atoms with Crippen molar-refractivity contribution >= 4 is 41.6 Å². The highest BCUT2D eigenvalue weighted by Gasteiger charge is 2.23. The van der Waals surface area contributed by atoms with E-state index < -0.39 is 15.0 Å². The fourth-order valence-electron chi connectivity index (χ4n) is 1.83. The molecule has 1 atom stereocenters. The van der Waals surface area contributed by atoms with E-state index in [1.807, 2.05) is 6.92 Å². The third kappa shape index (κ3) is 6.00. The van der Waals surface area contributed by atoms with Crippen molar-refractivity contribution in [3.63, 3.8) is 0 Å². The van der Waals surface area contributed by atoms with Crippen LogP contribution in [0, 0.1) is 5.92 Å². The summed E-state index contributed by atoms with van der Waals surface area (Å²) in [5, 5.41) is 2.77. The summed E-state index contributed by atoms with van der Waals surface area (Å²) in [4.78, 5) is 11.7. The van der Waals surface area contributed by atoms with Crippen molar-refractivity contribution in [2.75, 3.05) is 0 Å². The van der Waals surface area contributed by atoms with Crippen molar-refractivity contribution in [2.45, 2.75) is 51.0 Å². The topological polar surface area (TPSA) is 76.4 Å². The highest BCUT2D eigenvalue weighted by molar-refractivity contribution is 9.10. The number of carbonyl (C=O) groups is 1. The number of carbonyl (C=O) groups excluding carboxylic acids is 1. The summed E-state index contributed by atoms with van der Waals surface area (Å²) in [6, 6.07) is 1.10.